The van der Waals surface area contributed by atoms with E-state index in [1.165, 1.54) is 6.07 Å². The second-order valence-electron chi connectivity index (χ2n) is 8.36. The molecule has 0 fully saturated rings. The SMILES string of the molecule is C=O.CN(Cc1ccc(C(F)(F)F)nc1N(C)C)Nc1nccc(-c2ccc(Cl)cc2)c1-c1ccncc1. The average molecular weight is 543 g/mol. The third kappa shape index (κ3) is 6.84. The Kier molecular flexibility index (Phi) is 9.38. The summed E-state index contributed by atoms with van der Waals surface area (Å²) in [4.78, 5) is 22.1. The zero-order valence-electron chi connectivity index (χ0n) is 21.0. The number of rotatable bonds is 7. The van der Waals surface area contributed by atoms with Gasteiger partial charge in [-0.2, -0.15) is 13.2 Å². The molecule has 0 saturated heterocycles. The molecule has 0 aliphatic heterocycles. The van der Waals surface area contributed by atoms with Gasteiger partial charge in [-0.15, -0.1) is 0 Å². The van der Waals surface area contributed by atoms with Gasteiger partial charge in [0.05, 0.1) is 0 Å². The number of alkyl halides is 3. The maximum Gasteiger partial charge on any atom is 0.433 e. The summed E-state index contributed by atoms with van der Waals surface area (Å²) in [7, 11) is 5.13. The Morgan fingerprint density at radius 2 is 1.55 bits per heavy atom. The van der Waals surface area contributed by atoms with Crippen molar-refractivity contribution in [2.45, 2.75) is 12.7 Å². The molecule has 198 valence electrons. The van der Waals surface area contributed by atoms with E-state index in [4.69, 9.17) is 16.4 Å². The van der Waals surface area contributed by atoms with Gasteiger partial charge in [-0.3, -0.25) is 4.98 Å². The maximum absolute atomic E-state index is 13.2. The summed E-state index contributed by atoms with van der Waals surface area (Å²) in [6, 6.07) is 15.7. The Balaban J connectivity index is 0.00000195. The molecule has 0 unspecified atom stereocenters. The van der Waals surface area contributed by atoms with E-state index in [2.05, 4.69) is 20.4 Å². The molecule has 4 rings (SSSR count). The van der Waals surface area contributed by atoms with E-state index in [1.54, 1.807) is 49.6 Å². The van der Waals surface area contributed by atoms with Crippen LogP contribution in [0.2, 0.25) is 5.02 Å². The van der Waals surface area contributed by atoms with Crippen molar-refractivity contribution in [1.29, 1.82) is 0 Å². The van der Waals surface area contributed by atoms with Crippen molar-refractivity contribution in [2.75, 3.05) is 31.5 Å². The average Bonchev–Trinajstić information content (AvgIpc) is 2.90. The Morgan fingerprint density at radius 3 is 2.16 bits per heavy atom. The van der Waals surface area contributed by atoms with E-state index in [0.29, 0.717) is 16.4 Å². The van der Waals surface area contributed by atoms with Gasteiger partial charge in [0.15, 0.2) is 0 Å². The standard InChI is InChI=1S/C26H24ClF3N6.CH2O/c1-35(2)25-19(6-9-22(33-25)26(28,29)30)16-36(3)34-24-23(18-10-13-31-14-11-18)21(12-15-32-24)17-4-7-20(27)8-5-17;1-2/h4-15H,16H2,1-3H3,(H,32,34);1H2. The maximum atomic E-state index is 13.2. The lowest BCUT2D eigenvalue weighted by atomic mass is 9.96. The minimum Gasteiger partial charge on any atom is -0.362 e. The second-order valence-corrected chi connectivity index (χ2v) is 8.80. The van der Waals surface area contributed by atoms with E-state index in [9.17, 15) is 13.2 Å². The van der Waals surface area contributed by atoms with Crippen LogP contribution in [-0.2, 0) is 17.5 Å². The highest BCUT2D eigenvalue weighted by molar-refractivity contribution is 6.30. The number of halogens is 4. The van der Waals surface area contributed by atoms with Crippen LogP contribution in [0.4, 0.5) is 24.8 Å². The second kappa shape index (κ2) is 12.5. The fourth-order valence-electron chi connectivity index (χ4n) is 3.85. The zero-order valence-corrected chi connectivity index (χ0v) is 21.8. The van der Waals surface area contributed by atoms with Crippen LogP contribution in [0.3, 0.4) is 0 Å². The number of benzene rings is 1. The van der Waals surface area contributed by atoms with Crippen molar-refractivity contribution in [1.82, 2.24) is 20.0 Å². The highest BCUT2D eigenvalue weighted by Gasteiger charge is 2.33. The van der Waals surface area contributed by atoms with Crippen molar-refractivity contribution in [3.05, 3.63) is 89.5 Å². The van der Waals surface area contributed by atoms with E-state index < -0.39 is 11.9 Å². The van der Waals surface area contributed by atoms with Crippen LogP contribution >= 0.6 is 11.6 Å². The first-order valence-electron chi connectivity index (χ1n) is 11.3. The summed E-state index contributed by atoms with van der Waals surface area (Å²) >= 11 is 6.09. The predicted octanol–water partition coefficient (Wildman–Crippen LogP) is 6.22. The van der Waals surface area contributed by atoms with Crippen LogP contribution in [0.1, 0.15) is 11.3 Å². The lowest BCUT2D eigenvalue weighted by Gasteiger charge is -2.25. The molecule has 38 heavy (non-hydrogen) atoms. The molecule has 0 atom stereocenters. The molecule has 0 amide bonds. The number of carbonyl (C=O) groups is 1. The molecule has 0 saturated carbocycles. The topological polar surface area (TPSA) is 74.2 Å². The Hall–Kier alpha value is -4.02. The molecule has 0 radical (unpaired) electrons. The number of hydrogen-bond acceptors (Lipinski definition) is 7. The summed E-state index contributed by atoms with van der Waals surface area (Å²) in [6.45, 7) is 2.28. The monoisotopic (exact) mass is 542 g/mol. The van der Waals surface area contributed by atoms with Crippen LogP contribution in [0.5, 0.6) is 0 Å². The largest absolute Gasteiger partial charge is 0.433 e. The van der Waals surface area contributed by atoms with Crippen molar-refractivity contribution >= 4 is 30.0 Å². The summed E-state index contributed by atoms with van der Waals surface area (Å²) in [5, 5.41) is 2.40. The van der Waals surface area contributed by atoms with Crippen LogP contribution in [-0.4, -0.2) is 47.9 Å². The van der Waals surface area contributed by atoms with Gasteiger partial charge in [0, 0.05) is 62.4 Å². The minimum atomic E-state index is -4.51. The predicted molar refractivity (Wildman–Crippen MR) is 144 cm³/mol. The fraction of sp³-hybridized carbons (Fsp3) is 0.185. The molecule has 3 aromatic heterocycles. The summed E-state index contributed by atoms with van der Waals surface area (Å²) in [5.74, 6) is 0.832. The van der Waals surface area contributed by atoms with Gasteiger partial charge in [-0.1, -0.05) is 29.8 Å². The van der Waals surface area contributed by atoms with E-state index in [1.807, 2.05) is 49.3 Å². The van der Waals surface area contributed by atoms with Crippen molar-refractivity contribution in [3.8, 4) is 22.3 Å². The third-order valence-corrected chi connectivity index (χ3v) is 5.70. The minimum absolute atomic E-state index is 0.246. The zero-order chi connectivity index (χ0) is 27.9. The van der Waals surface area contributed by atoms with Crippen LogP contribution in [0.15, 0.2) is 73.2 Å². The Labute approximate surface area is 223 Å². The lowest BCUT2D eigenvalue weighted by molar-refractivity contribution is -0.141. The van der Waals surface area contributed by atoms with Crippen molar-refractivity contribution in [3.63, 3.8) is 0 Å². The Bertz CT molecular complexity index is 1350. The molecule has 1 N–H and O–H groups in total. The fourth-order valence-corrected chi connectivity index (χ4v) is 3.97. The summed E-state index contributed by atoms with van der Waals surface area (Å²) in [5.41, 5.74) is 6.66. The van der Waals surface area contributed by atoms with Gasteiger partial charge in [0.2, 0.25) is 0 Å². The molecule has 3 heterocycles. The Morgan fingerprint density at radius 1 is 0.895 bits per heavy atom. The molecular weight excluding hydrogens is 517 g/mol. The highest BCUT2D eigenvalue weighted by Crippen LogP contribution is 2.37. The normalized spacial score (nSPS) is 11.1. The quantitative estimate of drug-likeness (QED) is 0.278. The van der Waals surface area contributed by atoms with Crippen molar-refractivity contribution < 1.29 is 18.0 Å². The first-order valence-corrected chi connectivity index (χ1v) is 11.7. The summed E-state index contributed by atoms with van der Waals surface area (Å²) in [6.07, 6.45) is 0.603. The number of hydrogen-bond donors (Lipinski definition) is 1. The number of pyridine rings is 3. The molecule has 0 spiro atoms. The first kappa shape index (κ1) is 28.5. The number of aromatic nitrogens is 3. The molecule has 4 aromatic rings. The molecule has 0 aliphatic carbocycles. The smallest absolute Gasteiger partial charge is 0.362 e. The number of anilines is 2. The van der Waals surface area contributed by atoms with Crippen LogP contribution in [0, 0.1) is 0 Å². The van der Waals surface area contributed by atoms with Gasteiger partial charge < -0.3 is 15.1 Å². The molecule has 0 aliphatic rings. The van der Waals surface area contributed by atoms with E-state index >= 15 is 0 Å². The lowest BCUT2D eigenvalue weighted by Crippen LogP contribution is -2.27. The van der Waals surface area contributed by atoms with Gasteiger partial charge in [-0.25, -0.2) is 15.0 Å². The first-order chi connectivity index (χ1) is 18.1. The van der Waals surface area contributed by atoms with Crippen LogP contribution in [0.25, 0.3) is 22.3 Å². The third-order valence-electron chi connectivity index (χ3n) is 5.45. The molecule has 7 nitrogen and oxygen atoms in total. The van der Waals surface area contributed by atoms with E-state index in [-0.39, 0.29) is 12.4 Å². The molecule has 1 aromatic carbocycles. The van der Waals surface area contributed by atoms with E-state index in [0.717, 1.165) is 28.3 Å². The molecule has 11 heteroatoms. The van der Waals surface area contributed by atoms with Gasteiger partial charge in [0.1, 0.15) is 24.1 Å². The number of hydrazine groups is 1. The van der Waals surface area contributed by atoms with Crippen LogP contribution < -0.4 is 10.3 Å². The van der Waals surface area contributed by atoms with Gasteiger partial charge >= 0.3 is 6.18 Å². The number of nitrogens with zero attached hydrogens (tertiary/aromatic N) is 5. The number of nitrogens with one attached hydrogen (secondary N) is 1. The number of carbonyl (C=O) groups excluding carboxylic acids is 1. The van der Waals surface area contributed by atoms with Gasteiger partial charge in [-0.05, 0) is 53.1 Å². The molecular formula is C27H26ClF3N6O. The highest BCUT2D eigenvalue weighted by atomic mass is 35.5. The van der Waals surface area contributed by atoms with Crippen molar-refractivity contribution in [2.24, 2.45) is 0 Å². The summed E-state index contributed by atoms with van der Waals surface area (Å²) < 4.78 is 39.6. The molecule has 0 bridgehead atoms. The van der Waals surface area contributed by atoms with Gasteiger partial charge in [0.25, 0.3) is 0 Å².